The van der Waals surface area contributed by atoms with E-state index in [-0.39, 0.29) is 29.1 Å². The van der Waals surface area contributed by atoms with Gasteiger partial charge in [-0.3, -0.25) is 14.5 Å². The maximum Gasteiger partial charge on any atom is 0.328 e. The van der Waals surface area contributed by atoms with Crippen LogP contribution < -0.4 is 15.4 Å². The topological polar surface area (TPSA) is 87.7 Å². The zero-order valence-corrected chi connectivity index (χ0v) is 16.7. The second-order valence-corrected chi connectivity index (χ2v) is 6.84. The molecular weight excluding hydrogens is 394 g/mol. The Morgan fingerprint density at radius 2 is 1.93 bits per heavy atom. The number of amides is 4. The molecule has 1 heterocycles. The first-order valence-electron chi connectivity index (χ1n) is 9.01. The quantitative estimate of drug-likeness (QED) is 0.559. The zero-order chi connectivity index (χ0) is 21.0. The number of halogens is 1. The average Bonchev–Trinajstić information content (AvgIpc) is 2.95. The third kappa shape index (κ3) is 4.94. The van der Waals surface area contributed by atoms with Crippen molar-refractivity contribution in [3.8, 4) is 5.75 Å². The highest BCUT2D eigenvalue weighted by atomic mass is 35.5. The van der Waals surface area contributed by atoms with E-state index in [0.717, 1.165) is 10.5 Å². The molecule has 0 spiro atoms. The van der Waals surface area contributed by atoms with E-state index < -0.39 is 6.03 Å². The lowest BCUT2D eigenvalue weighted by Gasteiger charge is -2.10. The van der Waals surface area contributed by atoms with Crippen LogP contribution in [0.2, 0.25) is 5.02 Å². The van der Waals surface area contributed by atoms with E-state index in [9.17, 15) is 14.4 Å². The van der Waals surface area contributed by atoms with E-state index in [4.69, 9.17) is 16.3 Å². The number of aryl methyl sites for hydroxylation is 1. The molecule has 0 saturated carbocycles. The fraction of sp³-hybridized carbons (Fsp3) is 0.190. The summed E-state index contributed by atoms with van der Waals surface area (Å²) in [5.74, 6) is -0.360. The number of urea groups is 1. The van der Waals surface area contributed by atoms with E-state index in [1.54, 1.807) is 25.1 Å². The van der Waals surface area contributed by atoms with E-state index in [0.29, 0.717) is 23.5 Å². The molecule has 2 aromatic rings. The molecule has 0 unspecified atom stereocenters. The molecule has 1 aliphatic rings. The molecule has 0 atom stereocenters. The predicted octanol–water partition coefficient (Wildman–Crippen LogP) is 3.58. The summed E-state index contributed by atoms with van der Waals surface area (Å²) in [5.41, 5.74) is 2.58. The molecule has 8 heteroatoms. The maximum absolute atomic E-state index is 12.1. The van der Waals surface area contributed by atoms with Crippen LogP contribution in [-0.4, -0.2) is 35.9 Å². The van der Waals surface area contributed by atoms with Crippen molar-refractivity contribution >= 4 is 41.2 Å². The number of hydrogen-bond acceptors (Lipinski definition) is 4. The Hall–Kier alpha value is -3.32. The Labute approximate surface area is 173 Å². The standard InChI is InChI=1S/C21H20ClN3O4/c1-3-25-20(27)17(24-21(25)28)11-14-6-9-18(16(22)10-14)29-12-19(26)23-15-7-4-13(2)5-8-15/h4-11H,3,12H2,1-2H3,(H,23,26)(H,24,28)/b17-11+. The number of carbonyl (C=O) groups is 3. The maximum atomic E-state index is 12.1. The molecule has 2 aromatic carbocycles. The van der Waals surface area contributed by atoms with Crippen molar-refractivity contribution in [3.05, 3.63) is 64.3 Å². The van der Waals surface area contributed by atoms with Gasteiger partial charge in [-0.15, -0.1) is 0 Å². The Kier molecular flexibility index (Phi) is 6.19. The molecule has 0 aliphatic carbocycles. The van der Waals surface area contributed by atoms with Crippen LogP contribution in [-0.2, 0) is 9.59 Å². The second-order valence-electron chi connectivity index (χ2n) is 6.43. The Morgan fingerprint density at radius 3 is 2.55 bits per heavy atom. The number of benzene rings is 2. The number of likely N-dealkylation sites (N-methyl/N-ethyl adjacent to an activating group) is 1. The van der Waals surface area contributed by atoms with Crippen molar-refractivity contribution in [1.29, 1.82) is 0 Å². The van der Waals surface area contributed by atoms with E-state index >= 15 is 0 Å². The summed E-state index contributed by atoms with van der Waals surface area (Å²) < 4.78 is 5.48. The van der Waals surface area contributed by atoms with Crippen LogP contribution >= 0.6 is 11.6 Å². The third-order valence-corrected chi connectivity index (χ3v) is 4.53. The van der Waals surface area contributed by atoms with Crippen molar-refractivity contribution < 1.29 is 19.1 Å². The van der Waals surface area contributed by atoms with Crippen LogP contribution in [0, 0.1) is 6.92 Å². The molecule has 0 aromatic heterocycles. The fourth-order valence-corrected chi connectivity index (χ4v) is 2.97. The highest BCUT2D eigenvalue weighted by molar-refractivity contribution is 6.32. The first-order valence-corrected chi connectivity index (χ1v) is 9.38. The minimum atomic E-state index is -0.450. The lowest BCUT2D eigenvalue weighted by Crippen LogP contribution is -2.30. The van der Waals surface area contributed by atoms with E-state index in [1.807, 2.05) is 31.2 Å². The first kappa shape index (κ1) is 20.4. The van der Waals surface area contributed by atoms with Crippen LogP contribution in [0.3, 0.4) is 0 Å². The van der Waals surface area contributed by atoms with E-state index in [1.165, 1.54) is 6.08 Å². The van der Waals surface area contributed by atoms with Gasteiger partial charge in [0.25, 0.3) is 11.8 Å². The zero-order valence-electron chi connectivity index (χ0n) is 16.0. The smallest absolute Gasteiger partial charge is 0.328 e. The van der Waals surface area contributed by atoms with Gasteiger partial charge < -0.3 is 15.4 Å². The van der Waals surface area contributed by atoms with Gasteiger partial charge in [0.05, 0.1) is 5.02 Å². The molecule has 1 fully saturated rings. The van der Waals surface area contributed by atoms with E-state index in [2.05, 4.69) is 10.6 Å². The molecular formula is C21H20ClN3O4. The number of ether oxygens (including phenoxy) is 1. The molecule has 29 heavy (non-hydrogen) atoms. The average molecular weight is 414 g/mol. The highest BCUT2D eigenvalue weighted by Gasteiger charge is 2.31. The molecule has 4 amide bonds. The Morgan fingerprint density at radius 1 is 1.21 bits per heavy atom. The Bertz CT molecular complexity index is 986. The normalized spacial score (nSPS) is 14.9. The van der Waals surface area contributed by atoms with Crippen LogP contribution in [0.15, 0.2) is 48.2 Å². The fourth-order valence-electron chi connectivity index (χ4n) is 2.73. The lowest BCUT2D eigenvalue weighted by atomic mass is 10.2. The van der Waals surface area contributed by atoms with Crippen molar-refractivity contribution in [2.75, 3.05) is 18.5 Å². The van der Waals surface area contributed by atoms with Gasteiger partial charge in [-0.05, 0) is 49.8 Å². The SMILES string of the molecule is CCN1C(=O)N/C(=C/c2ccc(OCC(=O)Nc3ccc(C)cc3)c(Cl)c2)C1=O. The molecule has 150 valence electrons. The summed E-state index contributed by atoms with van der Waals surface area (Å²) in [6.07, 6.45) is 1.54. The van der Waals surface area contributed by atoms with Gasteiger partial charge in [0, 0.05) is 12.2 Å². The van der Waals surface area contributed by atoms with Gasteiger partial charge in [0.2, 0.25) is 0 Å². The van der Waals surface area contributed by atoms with Crippen LogP contribution in [0.1, 0.15) is 18.1 Å². The van der Waals surface area contributed by atoms with Crippen molar-refractivity contribution in [2.45, 2.75) is 13.8 Å². The van der Waals surface area contributed by atoms with Crippen LogP contribution in [0.5, 0.6) is 5.75 Å². The van der Waals surface area contributed by atoms with Crippen molar-refractivity contribution in [3.63, 3.8) is 0 Å². The summed E-state index contributed by atoms with van der Waals surface area (Å²) in [6, 6.07) is 11.9. The van der Waals surface area contributed by atoms with Gasteiger partial charge in [0.15, 0.2) is 6.61 Å². The summed E-state index contributed by atoms with van der Waals surface area (Å²) >= 11 is 6.23. The second kappa shape index (κ2) is 8.79. The van der Waals surface area contributed by atoms with Gasteiger partial charge in [-0.25, -0.2) is 4.79 Å². The third-order valence-electron chi connectivity index (χ3n) is 4.24. The van der Waals surface area contributed by atoms with Gasteiger partial charge >= 0.3 is 6.03 Å². The predicted molar refractivity (Wildman–Crippen MR) is 111 cm³/mol. The number of anilines is 1. The molecule has 7 nitrogen and oxygen atoms in total. The van der Waals surface area contributed by atoms with Crippen molar-refractivity contribution in [2.24, 2.45) is 0 Å². The summed E-state index contributed by atoms with van der Waals surface area (Å²) in [6.45, 7) is 3.78. The lowest BCUT2D eigenvalue weighted by molar-refractivity contribution is -0.122. The minimum Gasteiger partial charge on any atom is -0.482 e. The molecule has 3 rings (SSSR count). The van der Waals surface area contributed by atoms with Crippen LogP contribution in [0.4, 0.5) is 10.5 Å². The summed E-state index contributed by atoms with van der Waals surface area (Å²) in [5, 5.41) is 5.55. The summed E-state index contributed by atoms with van der Waals surface area (Å²) in [7, 11) is 0. The number of rotatable bonds is 6. The first-order chi connectivity index (χ1) is 13.9. The van der Waals surface area contributed by atoms with Crippen molar-refractivity contribution in [1.82, 2.24) is 10.2 Å². The minimum absolute atomic E-state index is 0.180. The Balaban J connectivity index is 1.62. The molecule has 0 radical (unpaired) electrons. The van der Waals surface area contributed by atoms with Gasteiger partial charge in [-0.2, -0.15) is 0 Å². The number of nitrogens with zero attached hydrogens (tertiary/aromatic N) is 1. The number of carbonyl (C=O) groups excluding carboxylic acids is 3. The summed E-state index contributed by atoms with van der Waals surface area (Å²) in [4.78, 5) is 37.0. The molecule has 1 aliphatic heterocycles. The van der Waals surface area contributed by atoms with Gasteiger partial charge in [0.1, 0.15) is 11.4 Å². The number of hydrogen-bond donors (Lipinski definition) is 2. The number of nitrogens with one attached hydrogen (secondary N) is 2. The van der Waals surface area contributed by atoms with Crippen LogP contribution in [0.25, 0.3) is 6.08 Å². The molecule has 2 N–H and O–H groups in total. The molecule has 1 saturated heterocycles. The van der Waals surface area contributed by atoms with Gasteiger partial charge in [-0.1, -0.05) is 35.4 Å². The highest BCUT2D eigenvalue weighted by Crippen LogP contribution is 2.27. The largest absolute Gasteiger partial charge is 0.482 e. The number of imide groups is 1. The molecule has 0 bridgehead atoms. The monoisotopic (exact) mass is 413 g/mol.